The predicted molar refractivity (Wildman–Crippen MR) is 88.7 cm³/mol. The summed E-state index contributed by atoms with van der Waals surface area (Å²) in [6.07, 6.45) is 3.35. The lowest BCUT2D eigenvalue weighted by Crippen LogP contribution is -2.36. The van der Waals surface area contributed by atoms with Gasteiger partial charge in [0.15, 0.2) is 0 Å². The molecule has 1 aromatic carbocycles. The number of allylic oxidation sites excluding steroid dienone is 4. The van der Waals surface area contributed by atoms with Crippen LogP contribution < -0.4 is 5.32 Å². The number of carbonyl (C=O) groups is 2. The second kappa shape index (κ2) is 6.63. The molecule has 0 heterocycles. The number of hydrogen-bond acceptors (Lipinski definition) is 2. The van der Waals surface area contributed by atoms with Gasteiger partial charge in [-0.1, -0.05) is 36.4 Å². The summed E-state index contributed by atoms with van der Waals surface area (Å²) >= 11 is 0. The number of benzene rings is 1. The Morgan fingerprint density at radius 1 is 1.04 bits per heavy atom. The second-order valence-corrected chi connectivity index (χ2v) is 6.09. The van der Waals surface area contributed by atoms with E-state index < -0.39 is 29.9 Å². The van der Waals surface area contributed by atoms with Crippen LogP contribution in [0, 0.1) is 0 Å². The summed E-state index contributed by atoms with van der Waals surface area (Å²) in [5, 5.41) is 11.3. The Balaban J connectivity index is 1.84. The molecule has 0 atom stereocenters. The monoisotopic (exact) mass is 345 g/mol. The lowest BCUT2D eigenvalue weighted by Gasteiger charge is -2.25. The van der Waals surface area contributed by atoms with Gasteiger partial charge in [0.1, 0.15) is 0 Å². The topological polar surface area (TPSA) is 66.4 Å². The number of amides is 1. The van der Waals surface area contributed by atoms with Gasteiger partial charge in [-0.2, -0.15) is 8.78 Å². The Morgan fingerprint density at radius 2 is 1.72 bits per heavy atom. The van der Waals surface area contributed by atoms with E-state index in [9.17, 15) is 18.4 Å². The van der Waals surface area contributed by atoms with Gasteiger partial charge in [-0.25, -0.2) is 4.79 Å². The van der Waals surface area contributed by atoms with E-state index in [0.29, 0.717) is 17.6 Å². The highest BCUT2D eigenvalue weighted by atomic mass is 19.3. The van der Waals surface area contributed by atoms with Crippen LogP contribution in [0.3, 0.4) is 0 Å². The highest BCUT2D eigenvalue weighted by Crippen LogP contribution is 2.38. The molecule has 0 bridgehead atoms. The number of carboxylic acid groups (broad SMARTS) is 1. The first-order chi connectivity index (χ1) is 11.9. The van der Waals surface area contributed by atoms with Gasteiger partial charge < -0.3 is 10.4 Å². The maximum atomic E-state index is 14.5. The van der Waals surface area contributed by atoms with Crippen molar-refractivity contribution in [2.24, 2.45) is 0 Å². The first-order valence-corrected chi connectivity index (χ1v) is 8.00. The molecule has 2 N–H and O–H groups in total. The fourth-order valence-corrected chi connectivity index (χ4v) is 3.11. The molecule has 0 fully saturated rings. The van der Waals surface area contributed by atoms with Crippen LogP contribution in [0.2, 0.25) is 0 Å². The summed E-state index contributed by atoms with van der Waals surface area (Å²) < 4.78 is 28.9. The largest absolute Gasteiger partial charge is 0.478 e. The third-order valence-corrected chi connectivity index (χ3v) is 4.40. The van der Waals surface area contributed by atoms with Crippen LogP contribution in [0.4, 0.5) is 8.78 Å². The van der Waals surface area contributed by atoms with Gasteiger partial charge in [-0.05, 0) is 36.5 Å². The number of carbonyl (C=O) groups excluding carboxylic acids is 1. The third kappa shape index (κ3) is 3.52. The summed E-state index contributed by atoms with van der Waals surface area (Å²) in [6.45, 7) is 0. The van der Waals surface area contributed by atoms with Crippen molar-refractivity contribution in [3.05, 3.63) is 64.9 Å². The highest BCUT2D eigenvalue weighted by molar-refractivity contribution is 6.03. The fourth-order valence-electron chi connectivity index (χ4n) is 3.11. The number of hydrogen-bond donors (Lipinski definition) is 2. The van der Waals surface area contributed by atoms with E-state index in [-0.39, 0.29) is 24.0 Å². The summed E-state index contributed by atoms with van der Waals surface area (Å²) in [5.74, 6) is -5.14. The van der Waals surface area contributed by atoms with E-state index in [1.807, 2.05) is 6.07 Å². The molecule has 0 aromatic heterocycles. The SMILES string of the molecule is O=C(O)C1=C(C(=O)NC2=CC=C(c3ccccc3)CC2(F)F)CCC1. The number of aliphatic carboxylic acids is 1. The number of alkyl halides is 2. The van der Waals surface area contributed by atoms with E-state index in [1.54, 1.807) is 30.3 Å². The van der Waals surface area contributed by atoms with Gasteiger partial charge in [-0.15, -0.1) is 0 Å². The smallest absolute Gasteiger partial charge is 0.332 e. The Bertz CT molecular complexity index is 807. The Kier molecular flexibility index (Phi) is 4.53. The molecule has 25 heavy (non-hydrogen) atoms. The van der Waals surface area contributed by atoms with E-state index in [1.165, 1.54) is 6.08 Å². The van der Waals surface area contributed by atoms with Crippen molar-refractivity contribution in [3.63, 3.8) is 0 Å². The molecule has 0 aliphatic heterocycles. The predicted octanol–water partition coefficient (Wildman–Crippen LogP) is 3.67. The molecule has 0 saturated carbocycles. The van der Waals surface area contributed by atoms with Crippen LogP contribution in [0.1, 0.15) is 31.2 Å². The average molecular weight is 345 g/mol. The summed E-state index contributed by atoms with van der Waals surface area (Å²) in [7, 11) is 0. The first kappa shape index (κ1) is 17.1. The number of carboxylic acids is 1. The van der Waals surface area contributed by atoms with Crippen molar-refractivity contribution in [1.82, 2.24) is 5.32 Å². The van der Waals surface area contributed by atoms with Crippen molar-refractivity contribution in [3.8, 4) is 0 Å². The molecule has 130 valence electrons. The minimum Gasteiger partial charge on any atom is -0.478 e. The molecule has 3 rings (SSSR count). The van der Waals surface area contributed by atoms with Gasteiger partial charge in [0, 0.05) is 17.6 Å². The van der Waals surface area contributed by atoms with Gasteiger partial charge in [0.25, 0.3) is 11.8 Å². The van der Waals surface area contributed by atoms with Crippen LogP contribution in [0.5, 0.6) is 0 Å². The Labute approximate surface area is 143 Å². The highest BCUT2D eigenvalue weighted by Gasteiger charge is 2.39. The van der Waals surface area contributed by atoms with E-state index in [0.717, 1.165) is 0 Å². The van der Waals surface area contributed by atoms with Crippen molar-refractivity contribution in [2.45, 2.75) is 31.6 Å². The average Bonchev–Trinajstić information content (AvgIpc) is 3.07. The van der Waals surface area contributed by atoms with Gasteiger partial charge in [-0.3, -0.25) is 4.79 Å². The maximum absolute atomic E-state index is 14.5. The summed E-state index contributed by atoms with van der Waals surface area (Å²) in [6, 6.07) is 8.86. The van der Waals surface area contributed by atoms with Crippen LogP contribution in [0.15, 0.2) is 59.3 Å². The van der Waals surface area contributed by atoms with Crippen LogP contribution in [-0.4, -0.2) is 22.9 Å². The molecule has 2 aliphatic rings. The van der Waals surface area contributed by atoms with E-state index >= 15 is 0 Å². The molecule has 0 spiro atoms. The van der Waals surface area contributed by atoms with Gasteiger partial charge in [0.05, 0.1) is 5.70 Å². The number of rotatable bonds is 4. The van der Waals surface area contributed by atoms with E-state index in [4.69, 9.17) is 5.11 Å². The van der Waals surface area contributed by atoms with Crippen molar-refractivity contribution in [2.75, 3.05) is 0 Å². The van der Waals surface area contributed by atoms with Crippen LogP contribution in [0.25, 0.3) is 5.57 Å². The van der Waals surface area contributed by atoms with Gasteiger partial charge >= 0.3 is 5.97 Å². The molecule has 0 radical (unpaired) electrons. The standard InChI is InChI=1S/C19H17F2NO3/c20-19(21)11-13(12-5-2-1-3-6-12)9-10-16(19)22-17(23)14-7-4-8-15(14)18(24)25/h1-3,5-6,9-10H,4,7-8,11H2,(H,22,23)(H,24,25). The summed E-state index contributed by atoms with van der Waals surface area (Å²) in [4.78, 5) is 23.4. The second-order valence-electron chi connectivity index (χ2n) is 6.09. The summed E-state index contributed by atoms with van der Waals surface area (Å²) in [5.41, 5.74) is 0.784. The van der Waals surface area contributed by atoms with Gasteiger partial charge in [0.2, 0.25) is 0 Å². The quantitative estimate of drug-likeness (QED) is 0.875. The minimum atomic E-state index is -3.22. The minimum absolute atomic E-state index is 0.0118. The van der Waals surface area contributed by atoms with Crippen molar-refractivity contribution in [1.29, 1.82) is 0 Å². The molecule has 0 unspecified atom stereocenters. The molecule has 4 nitrogen and oxygen atoms in total. The first-order valence-electron chi connectivity index (χ1n) is 8.00. The Hall–Kier alpha value is -2.76. The Morgan fingerprint density at radius 3 is 2.36 bits per heavy atom. The van der Waals surface area contributed by atoms with E-state index in [2.05, 4.69) is 5.32 Å². The third-order valence-electron chi connectivity index (χ3n) is 4.40. The van der Waals surface area contributed by atoms with Crippen LogP contribution >= 0.6 is 0 Å². The zero-order valence-corrected chi connectivity index (χ0v) is 13.4. The van der Waals surface area contributed by atoms with Crippen molar-refractivity contribution < 1.29 is 23.5 Å². The molecule has 6 heteroatoms. The fraction of sp³-hybridized carbons (Fsp3) is 0.263. The maximum Gasteiger partial charge on any atom is 0.332 e. The molecule has 2 aliphatic carbocycles. The lowest BCUT2D eigenvalue weighted by atomic mass is 9.93. The van der Waals surface area contributed by atoms with Crippen LogP contribution in [-0.2, 0) is 9.59 Å². The number of halogens is 2. The lowest BCUT2D eigenvalue weighted by molar-refractivity contribution is -0.133. The number of nitrogens with one attached hydrogen (secondary N) is 1. The molecule has 0 saturated heterocycles. The molecular weight excluding hydrogens is 328 g/mol. The molecular formula is C19H17F2NO3. The van der Waals surface area contributed by atoms with Crippen molar-refractivity contribution >= 4 is 17.4 Å². The zero-order valence-electron chi connectivity index (χ0n) is 13.4. The molecule has 1 aromatic rings. The normalized spacial score (nSPS) is 19.3. The zero-order chi connectivity index (χ0) is 18.0. The molecule has 1 amide bonds.